The summed E-state index contributed by atoms with van der Waals surface area (Å²) in [5.74, 6) is -0.166. The van der Waals surface area contributed by atoms with E-state index in [1.54, 1.807) is 14.0 Å². The van der Waals surface area contributed by atoms with E-state index in [1.807, 2.05) is 4.90 Å². The molecule has 1 aromatic carbocycles. The number of alkyl halides is 3. The van der Waals surface area contributed by atoms with Crippen LogP contribution in [0.4, 0.5) is 13.2 Å². The number of benzene rings is 1. The summed E-state index contributed by atoms with van der Waals surface area (Å²) in [7, 11) is 1.63. The van der Waals surface area contributed by atoms with Gasteiger partial charge < -0.3 is 14.5 Å². The predicted octanol–water partition coefficient (Wildman–Crippen LogP) is 2.23. The number of likely N-dealkylation sites (tertiary alicyclic amines) is 2. The Morgan fingerprint density at radius 3 is 2.48 bits per heavy atom. The number of likely N-dealkylation sites (N-methyl/N-ethyl adjacent to an activating group) is 1. The number of rotatable bonds is 1. The van der Waals surface area contributed by atoms with Gasteiger partial charge in [-0.15, -0.1) is 0 Å². The zero-order chi connectivity index (χ0) is 20.9. The van der Waals surface area contributed by atoms with Crippen LogP contribution in [0.25, 0.3) is 0 Å². The molecular weight excluding hydrogens is 387 g/mol. The van der Waals surface area contributed by atoms with Gasteiger partial charge >= 0.3 is 6.18 Å². The average molecular weight is 411 g/mol. The molecule has 3 aliphatic rings. The van der Waals surface area contributed by atoms with Crippen molar-refractivity contribution < 1.29 is 27.5 Å². The first kappa shape index (κ1) is 20.0. The number of nitrogens with zero attached hydrogens (tertiary/aromatic N) is 3. The van der Waals surface area contributed by atoms with Crippen LogP contribution in [0.15, 0.2) is 18.2 Å². The summed E-state index contributed by atoms with van der Waals surface area (Å²) < 4.78 is 45.2. The third-order valence-corrected chi connectivity index (χ3v) is 6.32. The lowest BCUT2D eigenvalue weighted by Gasteiger charge is -2.36. The Labute approximate surface area is 167 Å². The Morgan fingerprint density at radius 2 is 1.86 bits per heavy atom. The molecule has 3 heterocycles. The van der Waals surface area contributed by atoms with Crippen molar-refractivity contribution >= 4 is 11.8 Å². The maximum atomic E-state index is 13.1. The van der Waals surface area contributed by atoms with Crippen LogP contribution in [0.2, 0.25) is 0 Å². The van der Waals surface area contributed by atoms with Gasteiger partial charge in [-0.05, 0) is 31.0 Å². The molecule has 0 radical (unpaired) electrons. The minimum absolute atomic E-state index is 0.0435. The minimum atomic E-state index is -4.51. The third kappa shape index (κ3) is 3.68. The number of piperidine rings is 1. The van der Waals surface area contributed by atoms with Crippen LogP contribution in [0.3, 0.4) is 0 Å². The third-order valence-electron chi connectivity index (χ3n) is 6.32. The quantitative estimate of drug-likeness (QED) is 0.711. The maximum absolute atomic E-state index is 13.1. The average Bonchev–Trinajstić information content (AvgIpc) is 3.06. The highest BCUT2D eigenvalue weighted by Crippen LogP contribution is 2.37. The molecule has 2 amide bonds. The van der Waals surface area contributed by atoms with Crippen LogP contribution in [-0.4, -0.2) is 77.9 Å². The molecule has 0 aliphatic carbocycles. The number of hydrogen-bond donors (Lipinski definition) is 0. The second kappa shape index (κ2) is 7.19. The fraction of sp³-hybridized carbons (Fsp3) is 0.600. The van der Waals surface area contributed by atoms with Crippen molar-refractivity contribution in [1.82, 2.24) is 14.7 Å². The molecule has 9 heteroatoms. The van der Waals surface area contributed by atoms with Gasteiger partial charge in [-0.3, -0.25) is 14.5 Å². The Hall–Kier alpha value is -2.29. The lowest BCUT2D eigenvalue weighted by Crippen LogP contribution is -2.47. The number of halogens is 3. The van der Waals surface area contributed by atoms with E-state index >= 15 is 0 Å². The maximum Gasteiger partial charge on any atom is 0.416 e. The van der Waals surface area contributed by atoms with Crippen molar-refractivity contribution in [3.05, 3.63) is 29.3 Å². The van der Waals surface area contributed by atoms with Crippen molar-refractivity contribution in [2.24, 2.45) is 0 Å². The van der Waals surface area contributed by atoms with Gasteiger partial charge in [0.2, 0.25) is 5.91 Å². The van der Waals surface area contributed by atoms with E-state index < -0.39 is 17.6 Å². The zero-order valence-corrected chi connectivity index (χ0v) is 16.4. The topological polar surface area (TPSA) is 53.1 Å². The summed E-state index contributed by atoms with van der Waals surface area (Å²) in [6, 6.07) is 3.16. The number of amides is 2. The zero-order valence-electron chi connectivity index (χ0n) is 16.4. The first-order valence-corrected chi connectivity index (χ1v) is 9.80. The predicted molar refractivity (Wildman–Crippen MR) is 98.6 cm³/mol. The molecular formula is C20H24F3N3O3. The van der Waals surface area contributed by atoms with Gasteiger partial charge in [0.1, 0.15) is 11.9 Å². The lowest BCUT2D eigenvalue weighted by atomic mass is 10.0. The molecule has 6 nitrogen and oxygen atoms in total. The van der Waals surface area contributed by atoms with E-state index in [2.05, 4.69) is 4.90 Å². The number of carbonyl (C=O) groups is 2. The number of fused-ring (bicyclic) bond motifs is 2. The molecule has 2 fully saturated rings. The Balaban J connectivity index is 1.52. The van der Waals surface area contributed by atoms with E-state index in [9.17, 15) is 22.8 Å². The molecule has 0 aromatic heterocycles. The van der Waals surface area contributed by atoms with Crippen LogP contribution < -0.4 is 4.74 Å². The SMILES string of the molecule is CC(=O)N1CCC(N2C[C@@H]3Oc4ccc(C(F)(F)F)cc4C(=O)N(C)[C@@H]3C2)CC1. The fourth-order valence-corrected chi connectivity index (χ4v) is 4.60. The Kier molecular flexibility index (Phi) is 4.96. The lowest BCUT2D eigenvalue weighted by molar-refractivity contribution is -0.137. The first-order valence-electron chi connectivity index (χ1n) is 9.80. The fourth-order valence-electron chi connectivity index (χ4n) is 4.60. The highest BCUT2D eigenvalue weighted by molar-refractivity contribution is 5.97. The van der Waals surface area contributed by atoms with Gasteiger partial charge in [-0.2, -0.15) is 13.2 Å². The molecule has 29 heavy (non-hydrogen) atoms. The minimum Gasteiger partial charge on any atom is -0.486 e. The van der Waals surface area contributed by atoms with E-state index in [0.717, 1.165) is 25.0 Å². The first-order chi connectivity index (χ1) is 13.6. The summed E-state index contributed by atoms with van der Waals surface area (Å²) >= 11 is 0. The van der Waals surface area contributed by atoms with Crippen LogP contribution in [0.1, 0.15) is 35.7 Å². The van der Waals surface area contributed by atoms with Crippen LogP contribution in [-0.2, 0) is 11.0 Å². The van der Waals surface area contributed by atoms with Gasteiger partial charge in [0.05, 0.1) is 17.2 Å². The van der Waals surface area contributed by atoms with Gasteiger partial charge in [-0.25, -0.2) is 0 Å². The van der Waals surface area contributed by atoms with E-state index in [4.69, 9.17) is 4.74 Å². The number of carbonyl (C=O) groups excluding carboxylic acids is 2. The highest BCUT2D eigenvalue weighted by atomic mass is 19.4. The van der Waals surface area contributed by atoms with Crippen LogP contribution in [0.5, 0.6) is 5.75 Å². The number of ether oxygens (including phenoxy) is 1. The molecule has 2 atom stereocenters. The monoisotopic (exact) mass is 411 g/mol. The van der Waals surface area contributed by atoms with Crippen molar-refractivity contribution in [3.63, 3.8) is 0 Å². The van der Waals surface area contributed by atoms with Gasteiger partial charge in [-0.1, -0.05) is 0 Å². The molecule has 2 saturated heterocycles. The summed E-state index contributed by atoms with van der Waals surface area (Å²) in [5.41, 5.74) is -0.898. The Bertz CT molecular complexity index is 821. The van der Waals surface area contributed by atoms with E-state index in [-0.39, 0.29) is 29.4 Å². The Morgan fingerprint density at radius 1 is 1.17 bits per heavy atom. The van der Waals surface area contributed by atoms with E-state index in [0.29, 0.717) is 32.2 Å². The normalized spacial score (nSPS) is 26.0. The molecule has 0 N–H and O–H groups in total. The van der Waals surface area contributed by atoms with Gasteiger partial charge in [0.25, 0.3) is 5.91 Å². The standard InChI is InChI=1S/C20H24F3N3O3/c1-12(27)25-7-5-14(6-8-25)26-10-16-18(11-26)29-17-4-3-13(20(21,22)23)9-15(17)19(28)24(16)2/h3-4,9,14,16,18H,5-8,10-11H2,1-2H3/t16-,18+/m1/s1. The second-order valence-electron chi connectivity index (χ2n) is 8.04. The van der Waals surface area contributed by atoms with Crippen LogP contribution >= 0.6 is 0 Å². The summed E-state index contributed by atoms with van der Waals surface area (Å²) in [5, 5.41) is 0. The van der Waals surface area contributed by atoms with Crippen molar-refractivity contribution in [2.45, 2.75) is 44.1 Å². The molecule has 158 valence electrons. The molecule has 3 aliphatic heterocycles. The number of hydrogen-bond acceptors (Lipinski definition) is 4. The summed E-state index contributed by atoms with van der Waals surface area (Å²) in [4.78, 5) is 30.0. The molecule has 1 aromatic rings. The van der Waals surface area contributed by atoms with E-state index in [1.165, 1.54) is 11.0 Å². The van der Waals surface area contributed by atoms with Crippen molar-refractivity contribution in [1.29, 1.82) is 0 Å². The second-order valence-corrected chi connectivity index (χ2v) is 8.04. The van der Waals surface area contributed by atoms with Crippen molar-refractivity contribution in [2.75, 3.05) is 33.2 Å². The largest absolute Gasteiger partial charge is 0.486 e. The van der Waals surface area contributed by atoms with Crippen LogP contribution in [0, 0.1) is 0 Å². The summed E-state index contributed by atoms with van der Waals surface area (Å²) in [6.45, 7) is 4.21. The highest BCUT2D eigenvalue weighted by Gasteiger charge is 2.45. The molecule has 0 spiro atoms. The van der Waals surface area contributed by atoms with Crippen molar-refractivity contribution in [3.8, 4) is 5.75 Å². The van der Waals surface area contributed by atoms with Gasteiger partial charge in [0.15, 0.2) is 0 Å². The molecule has 4 rings (SSSR count). The molecule has 0 bridgehead atoms. The molecule has 0 unspecified atom stereocenters. The molecule has 0 saturated carbocycles. The smallest absolute Gasteiger partial charge is 0.416 e. The summed E-state index contributed by atoms with van der Waals surface area (Å²) in [6.07, 6.45) is -3.08. The van der Waals surface area contributed by atoms with Gasteiger partial charge in [0, 0.05) is 46.2 Å².